The van der Waals surface area contributed by atoms with Crippen LogP contribution in [0.2, 0.25) is 0 Å². The fourth-order valence-corrected chi connectivity index (χ4v) is 2.34. The first kappa shape index (κ1) is 12.0. The molecule has 5 heteroatoms. The van der Waals surface area contributed by atoms with Gasteiger partial charge in [0.1, 0.15) is 17.3 Å². The number of carbonyl (C=O) groups excluding carboxylic acids is 1. The normalized spacial score (nSPS) is 10.8. The molecule has 1 aromatic carbocycles. The number of pyridine rings is 1. The molecule has 94 valence electrons. The number of imidazole rings is 1. The van der Waals surface area contributed by atoms with Crippen LogP contribution in [0.25, 0.3) is 16.9 Å². The number of hydrogen-bond donors (Lipinski definition) is 0. The molecule has 0 unspecified atom stereocenters. The summed E-state index contributed by atoms with van der Waals surface area (Å²) >= 11 is 3.34. The van der Waals surface area contributed by atoms with E-state index in [1.54, 1.807) is 34.9 Å². The number of benzene rings is 1. The maximum absolute atomic E-state index is 13.8. The molecule has 0 aliphatic rings. The molecule has 0 bridgehead atoms. The smallest absolute Gasteiger partial charge is 0.170 e. The maximum atomic E-state index is 13.8. The van der Waals surface area contributed by atoms with Crippen molar-refractivity contribution in [2.24, 2.45) is 0 Å². The molecule has 0 N–H and O–H groups in total. The third-order valence-corrected chi connectivity index (χ3v) is 3.35. The lowest BCUT2D eigenvalue weighted by Gasteiger charge is -2.02. The topological polar surface area (TPSA) is 34.4 Å². The number of halogens is 2. The molecular formula is C14H8BrFN2O. The van der Waals surface area contributed by atoms with Gasteiger partial charge in [0.05, 0.1) is 11.1 Å². The molecule has 0 amide bonds. The summed E-state index contributed by atoms with van der Waals surface area (Å²) < 4.78 is 16.4. The lowest BCUT2D eigenvalue weighted by molar-refractivity contribution is 0.112. The highest BCUT2D eigenvalue weighted by atomic mass is 79.9. The lowest BCUT2D eigenvalue weighted by Crippen LogP contribution is -1.91. The number of aromatic nitrogens is 2. The molecule has 19 heavy (non-hydrogen) atoms. The van der Waals surface area contributed by atoms with E-state index in [4.69, 9.17) is 0 Å². The summed E-state index contributed by atoms with van der Waals surface area (Å²) in [6.07, 6.45) is 2.42. The van der Waals surface area contributed by atoms with Gasteiger partial charge < -0.3 is 0 Å². The van der Waals surface area contributed by atoms with Crippen molar-refractivity contribution in [3.63, 3.8) is 0 Å². The van der Waals surface area contributed by atoms with E-state index in [2.05, 4.69) is 20.9 Å². The molecule has 3 aromatic rings. The summed E-state index contributed by atoms with van der Waals surface area (Å²) in [6.45, 7) is 0. The molecule has 0 atom stereocenters. The van der Waals surface area contributed by atoms with Crippen LogP contribution in [-0.2, 0) is 0 Å². The standard InChI is InChI=1S/C14H8BrFN2O/c15-9-5-6-18-13(7-9)12(8-19)17-14(18)10-3-1-2-4-11(10)16/h1-8H. The Morgan fingerprint density at radius 1 is 1.26 bits per heavy atom. The highest BCUT2D eigenvalue weighted by Crippen LogP contribution is 2.26. The second-order valence-electron chi connectivity index (χ2n) is 4.02. The second-order valence-corrected chi connectivity index (χ2v) is 4.93. The molecule has 0 aliphatic heterocycles. The number of nitrogens with zero attached hydrogens (tertiary/aromatic N) is 2. The summed E-state index contributed by atoms with van der Waals surface area (Å²) in [6, 6.07) is 9.95. The summed E-state index contributed by atoms with van der Waals surface area (Å²) in [7, 11) is 0. The average Bonchev–Trinajstić information content (AvgIpc) is 2.77. The number of aldehydes is 1. The third kappa shape index (κ3) is 1.96. The van der Waals surface area contributed by atoms with Crippen LogP contribution >= 0.6 is 15.9 Å². The van der Waals surface area contributed by atoms with Crippen LogP contribution in [0.3, 0.4) is 0 Å². The average molecular weight is 319 g/mol. The van der Waals surface area contributed by atoms with Crippen LogP contribution in [0.5, 0.6) is 0 Å². The van der Waals surface area contributed by atoms with Crippen LogP contribution in [0.4, 0.5) is 4.39 Å². The molecule has 0 saturated carbocycles. The van der Waals surface area contributed by atoms with E-state index >= 15 is 0 Å². The van der Waals surface area contributed by atoms with Gasteiger partial charge in [-0.25, -0.2) is 9.37 Å². The van der Waals surface area contributed by atoms with Crippen molar-refractivity contribution >= 4 is 27.7 Å². The molecular weight excluding hydrogens is 311 g/mol. The van der Waals surface area contributed by atoms with Gasteiger partial charge in [-0.3, -0.25) is 9.20 Å². The Morgan fingerprint density at radius 2 is 2.05 bits per heavy atom. The van der Waals surface area contributed by atoms with Gasteiger partial charge in [-0.2, -0.15) is 0 Å². The first-order valence-electron chi connectivity index (χ1n) is 5.58. The van der Waals surface area contributed by atoms with E-state index in [0.717, 1.165) is 4.47 Å². The quantitative estimate of drug-likeness (QED) is 0.675. The molecule has 2 aromatic heterocycles. The third-order valence-electron chi connectivity index (χ3n) is 2.86. The molecule has 0 fully saturated rings. The Kier molecular flexibility index (Phi) is 2.91. The monoisotopic (exact) mass is 318 g/mol. The molecule has 2 heterocycles. The van der Waals surface area contributed by atoms with E-state index in [-0.39, 0.29) is 5.82 Å². The Morgan fingerprint density at radius 3 is 2.79 bits per heavy atom. The molecule has 0 saturated heterocycles. The van der Waals surface area contributed by atoms with E-state index in [1.165, 1.54) is 6.07 Å². The van der Waals surface area contributed by atoms with Crippen molar-refractivity contribution in [1.82, 2.24) is 9.38 Å². The van der Waals surface area contributed by atoms with Crippen LogP contribution in [-0.4, -0.2) is 15.7 Å². The Hall–Kier alpha value is -2.01. The first-order valence-corrected chi connectivity index (χ1v) is 6.37. The molecule has 0 spiro atoms. The lowest BCUT2D eigenvalue weighted by atomic mass is 10.2. The molecule has 0 radical (unpaired) electrons. The van der Waals surface area contributed by atoms with Crippen molar-refractivity contribution < 1.29 is 9.18 Å². The second kappa shape index (κ2) is 4.59. The summed E-state index contributed by atoms with van der Waals surface area (Å²) in [4.78, 5) is 15.3. The summed E-state index contributed by atoms with van der Waals surface area (Å²) in [5.74, 6) is 0.0532. The van der Waals surface area contributed by atoms with Crippen LogP contribution < -0.4 is 0 Å². The Balaban J connectivity index is 2.37. The highest BCUT2D eigenvalue weighted by Gasteiger charge is 2.14. The van der Waals surface area contributed by atoms with E-state index in [9.17, 15) is 9.18 Å². The predicted molar refractivity (Wildman–Crippen MR) is 73.7 cm³/mol. The van der Waals surface area contributed by atoms with Crippen LogP contribution in [0, 0.1) is 5.82 Å². The fraction of sp³-hybridized carbons (Fsp3) is 0. The minimum absolute atomic E-state index is 0.291. The van der Waals surface area contributed by atoms with Crippen molar-refractivity contribution in [1.29, 1.82) is 0 Å². The van der Waals surface area contributed by atoms with Crippen molar-refractivity contribution in [2.75, 3.05) is 0 Å². The van der Waals surface area contributed by atoms with Crippen molar-refractivity contribution in [3.8, 4) is 11.4 Å². The van der Waals surface area contributed by atoms with Gasteiger partial charge in [0.25, 0.3) is 0 Å². The molecule has 3 nitrogen and oxygen atoms in total. The number of rotatable bonds is 2. The molecule has 3 rings (SSSR count). The van der Waals surface area contributed by atoms with Gasteiger partial charge in [0.15, 0.2) is 6.29 Å². The van der Waals surface area contributed by atoms with Crippen molar-refractivity contribution in [2.45, 2.75) is 0 Å². The Labute approximate surface area is 116 Å². The zero-order valence-corrected chi connectivity index (χ0v) is 11.3. The van der Waals surface area contributed by atoms with Gasteiger partial charge >= 0.3 is 0 Å². The minimum Gasteiger partial charge on any atom is -0.299 e. The largest absolute Gasteiger partial charge is 0.299 e. The minimum atomic E-state index is -0.366. The van der Waals surface area contributed by atoms with Gasteiger partial charge in [-0.05, 0) is 24.3 Å². The first-order chi connectivity index (χ1) is 9.20. The SMILES string of the molecule is O=Cc1nc(-c2ccccc2F)n2ccc(Br)cc12. The number of hydrogen-bond acceptors (Lipinski definition) is 2. The fourth-order valence-electron chi connectivity index (χ4n) is 2.00. The zero-order chi connectivity index (χ0) is 13.4. The van der Waals surface area contributed by atoms with Crippen LogP contribution in [0.15, 0.2) is 47.1 Å². The van der Waals surface area contributed by atoms with Gasteiger partial charge in [0, 0.05) is 10.7 Å². The highest BCUT2D eigenvalue weighted by molar-refractivity contribution is 9.10. The predicted octanol–water partition coefficient (Wildman–Crippen LogP) is 3.72. The number of carbonyl (C=O) groups is 1. The van der Waals surface area contributed by atoms with E-state index in [0.29, 0.717) is 28.9 Å². The maximum Gasteiger partial charge on any atom is 0.170 e. The van der Waals surface area contributed by atoms with Crippen LogP contribution in [0.1, 0.15) is 10.5 Å². The summed E-state index contributed by atoms with van der Waals surface area (Å²) in [5.41, 5.74) is 1.30. The zero-order valence-electron chi connectivity index (χ0n) is 9.68. The summed E-state index contributed by atoms with van der Waals surface area (Å²) in [5, 5.41) is 0. The van der Waals surface area contributed by atoms with Gasteiger partial charge in [-0.1, -0.05) is 28.1 Å². The van der Waals surface area contributed by atoms with E-state index in [1.807, 2.05) is 6.07 Å². The van der Waals surface area contributed by atoms with E-state index < -0.39 is 0 Å². The van der Waals surface area contributed by atoms with Gasteiger partial charge in [0.2, 0.25) is 0 Å². The number of fused-ring (bicyclic) bond motifs is 1. The van der Waals surface area contributed by atoms with Gasteiger partial charge in [-0.15, -0.1) is 0 Å². The Bertz CT molecular complexity index is 782. The van der Waals surface area contributed by atoms with Crippen molar-refractivity contribution in [3.05, 3.63) is 58.6 Å². The molecule has 0 aliphatic carbocycles.